The Hall–Kier alpha value is -0.850. The number of benzene rings is 1. The van der Waals surface area contributed by atoms with Gasteiger partial charge in [0, 0.05) is 17.3 Å². The van der Waals surface area contributed by atoms with E-state index in [1.807, 2.05) is 28.7 Å². The third-order valence-corrected chi connectivity index (χ3v) is 3.91. The summed E-state index contributed by atoms with van der Waals surface area (Å²) in [5.41, 5.74) is 1.32. The van der Waals surface area contributed by atoms with Crippen LogP contribution < -0.4 is 5.32 Å². The monoisotopic (exact) mass is 332 g/mol. The zero-order valence-corrected chi connectivity index (χ0v) is 11.2. The van der Waals surface area contributed by atoms with Crippen LogP contribution >= 0.6 is 22.6 Å². The lowest BCUT2D eigenvalue weighted by molar-refractivity contribution is -0.385. The molecule has 0 radical (unpaired) electrons. The number of rotatable bonds is 3. The lowest BCUT2D eigenvalue weighted by atomic mass is 9.78. The lowest BCUT2D eigenvalue weighted by Gasteiger charge is -2.40. The van der Waals surface area contributed by atoms with Gasteiger partial charge < -0.3 is 5.32 Å². The van der Waals surface area contributed by atoms with Crippen molar-refractivity contribution in [2.24, 2.45) is 0 Å². The summed E-state index contributed by atoms with van der Waals surface area (Å²) in [6, 6.07) is 5.18. The molecule has 1 aliphatic rings. The van der Waals surface area contributed by atoms with Crippen molar-refractivity contribution in [3.63, 3.8) is 0 Å². The minimum atomic E-state index is -0.351. The summed E-state index contributed by atoms with van der Waals surface area (Å²) in [5.74, 6) is 0. The van der Waals surface area contributed by atoms with Crippen molar-refractivity contribution in [1.82, 2.24) is 0 Å². The van der Waals surface area contributed by atoms with E-state index >= 15 is 0 Å². The molecule has 1 saturated carbocycles. The van der Waals surface area contributed by atoms with Gasteiger partial charge in [-0.15, -0.1) is 0 Å². The number of anilines is 1. The Balaban J connectivity index is 2.18. The molecule has 0 heterocycles. The number of nitrogens with one attached hydrogen (secondary N) is 1. The van der Waals surface area contributed by atoms with Crippen LogP contribution in [0.25, 0.3) is 0 Å². The normalized spacial score (nSPS) is 17.6. The summed E-state index contributed by atoms with van der Waals surface area (Å²) >= 11 is 2.00. The maximum atomic E-state index is 10.7. The molecule has 1 N–H and O–H groups in total. The molecule has 0 amide bonds. The molecule has 0 atom stereocenters. The fraction of sp³-hybridized carbons (Fsp3) is 0.455. The van der Waals surface area contributed by atoms with Crippen LogP contribution in [0.1, 0.15) is 26.2 Å². The molecule has 1 aromatic carbocycles. The molecule has 0 bridgehead atoms. The van der Waals surface area contributed by atoms with Crippen molar-refractivity contribution < 1.29 is 4.92 Å². The number of nitrogens with zero attached hydrogens (tertiary/aromatic N) is 1. The largest absolute Gasteiger partial charge is 0.380 e. The third kappa shape index (κ3) is 2.28. The topological polar surface area (TPSA) is 55.2 Å². The minimum Gasteiger partial charge on any atom is -0.380 e. The Morgan fingerprint density at radius 1 is 1.50 bits per heavy atom. The highest BCUT2D eigenvalue weighted by Gasteiger charge is 2.31. The van der Waals surface area contributed by atoms with Gasteiger partial charge in [-0.2, -0.15) is 0 Å². The molecule has 1 aromatic rings. The number of hydrogen-bond acceptors (Lipinski definition) is 3. The zero-order chi connectivity index (χ0) is 11.8. The van der Waals surface area contributed by atoms with E-state index < -0.39 is 0 Å². The van der Waals surface area contributed by atoms with E-state index in [4.69, 9.17) is 0 Å². The summed E-state index contributed by atoms with van der Waals surface area (Å²) in [6.45, 7) is 2.19. The maximum Gasteiger partial charge on any atom is 0.282 e. The molecule has 0 spiro atoms. The van der Waals surface area contributed by atoms with Gasteiger partial charge in [-0.1, -0.05) is 0 Å². The van der Waals surface area contributed by atoms with Gasteiger partial charge in [0.05, 0.1) is 8.49 Å². The zero-order valence-electron chi connectivity index (χ0n) is 9.00. The SMILES string of the molecule is CC1(Nc2ccc([N+](=O)[O-])c(I)c2)CCC1. The van der Waals surface area contributed by atoms with E-state index in [-0.39, 0.29) is 16.1 Å². The van der Waals surface area contributed by atoms with Crippen LogP contribution in [0.4, 0.5) is 11.4 Å². The van der Waals surface area contributed by atoms with E-state index in [0.29, 0.717) is 3.57 Å². The molecule has 1 fully saturated rings. The van der Waals surface area contributed by atoms with Gasteiger partial charge in [0.1, 0.15) is 0 Å². The Morgan fingerprint density at radius 3 is 2.62 bits per heavy atom. The van der Waals surface area contributed by atoms with Gasteiger partial charge in [-0.05, 0) is 60.9 Å². The molecular formula is C11H13IN2O2. The number of nitro groups is 1. The summed E-state index contributed by atoms with van der Waals surface area (Å²) < 4.78 is 0.676. The second-order valence-corrected chi connectivity index (χ2v) is 5.62. The van der Waals surface area contributed by atoms with Crippen molar-refractivity contribution in [3.8, 4) is 0 Å². The molecule has 16 heavy (non-hydrogen) atoms. The summed E-state index contributed by atoms with van der Waals surface area (Å²) in [6.07, 6.45) is 3.59. The van der Waals surface area contributed by atoms with Crippen LogP contribution in [0.5, 0.6) is 0 Å². The quantitative estimate of drug-likeness (QED) is 0.523. The maximum absolute atomic E-state index is 10.7. The van der Waals surface area contributed by atoms with Crippen LogP contribution in [-0.4, -0.2) is 10.5 Å². The smallest absolute Gasteiger partial charge is 0.282 e. The second-order valence-electron chi connectivity index (χ2n) is 4.46. The van der Waals surface area contributed by atoms with E-state index in [9.17, 15) is 10.1 Å². The number of nitro benzene ring substituents is 1. The van der Waals surface area contributed by atoms with Crippen LogP contribution in [0, 0.1) is 13.7 Å². The predicted octanol–water partition coefficient (Wildman–Crippen LogP) is 3.55. The van der Waals surface area contributed by atoms with Crippen LogP contribution in [0.15, 0.2) is 18.2 Å². The Kier molecular flexibility index (Phi) is 3.05. The fourth-order valence-corrected chi connectivity index (χ4v) is 2.63. The van der Waals surface area contributed by atoms with Gasteiger partial charge in [0.2, 0.25) is 0 Å². The first-order valence-electron chi connectivity index (χ1n) is 5.22. The minimum absolute atomic E-state index is 0.171. The van der Waals surface area contributed by atoms with Gasteiger partial charge >= 0.3 is 0 Å². The lowest BCUT2D eigenvalue weighted by Crippen LogP contribution is -2.41. The molecule has 86 valence electrons. The van der Waals surface area contributed by atoms with E-state index in [1.165, 1.54) is 19.3 Å². The average molecular weight is 332 g/mol. The van der Waals surface area contributed by atoms with Gasteiger partial charge in [-0.3, -0.25) is 10.1 Å². The molecule has 0 saturated heterocycles. The highest BCUT2D eigenvalue weighted by atomic mass is 127. The third-order valence-electron chi connectivity index (χ3n) is 3.05. The summed E-state index contributed by atoms with van der Waals surface area (Å²) in [5, 5.41) is 14.1. The Labute approximate surface area is 108 Å². The molecule has 0 aromatic heterocycles. The Bertz CT molecular complexity index is 430. The molecule has 1 aliphatic carbocycles. The van der Waals surface area contributed by atoms with Crippen LogP contribution in [-0.2, 0) is 0 Å². The van der Waals surface area contributed by atoms with Crippen molar-refractivity contribution in [3.05, 3.63) is 31.9 Å². The molecular weight excluding hydrogens is 319 g/mol. The first-order valence-corrected chi connectivity index (χ1v) is 6.30. The van der Waals surface area contributed by atoms with Gasteiger partial charge in [0.15, 0.2) is 0 Å². The van der Waals surface area contributed by atoms with Crippen molar-refractivity contribution in [2.45, 2.75) is 31.7 Å². The van der Waals surface area contributed by atoms with E-state index in [1.54, 1.807) is 12.1 Å². The van der Waals surface area contributed by atoms with E-state index in [2.05, 4.69) is 12.2 Å². The number of halogens is 1. The first-order chi connectivity index (χ1) is 7.50. The highest BCUT2D eigenvalue weighted by Crippen LogP contribution is 2.35. The molecule has 0 unspecified atom stereocenters. The van der Waals surface area contributed by atoms with Crippen molar-refractivity contribution >= 4 is 34.0 Å². The van der Waals surface area contributed by atoms with Crippen LogP contribution in [0.2, 0.25) is 0 Å². The average Bonchev–Trinajstić information content (AvgIpc) is 2.14. The summed E-state index contributed by atoms with van der Waals surface area (Å²) in [4.78, 5) is 10.3. The van der Waals surface area contributed by atoms with E-state index in [0.717, 1.165) is 5.69 Å². The number of hydrogen-bond donors (Lipinski definition) is 1. The van der Waals surface area contributed by atoms with Crippen LogP contribution in [0.3, 0.4) is 0 Å². The molecule has 5 heteroatoms. The summed E-state index contributed by atoms with van der Waals surface area (Å²) in [7, 11) is 0. The predicted molar refractivity (Wildman–Crippen MR) is 71.7 cm³/mol. The van der Waals surface area contributed by atoms with Gasteiger partial charge in [-0.25, -0.2) is 0 Å². The Morgan fingerprint density at radius 2 is 2.19 bits per heavy atom. The van der Waals surface area contributed by atoms with Crippen molar-refractivity contribution in [1.29, 1.82) is 0 Å². The van der Waals surface area contributed by atoms with Gasteiger partial charge in [0.25, 0.3) is 5.69 Å². The first kappa shape index (κ1) is 11.6. The standard InChI is InChI=1S/C11H13IN2O2/c1-11(5-2-6-11)13-8-3-4-10(14(15)16)9(12)7-8/h3-4,7,13H,2,5-6H2,1H3. The highest BCUT2D eigenvalue weighted by molar-refractivity contribution is 14.1. The molecule has 2 rings (SSSR count). The van der Waals surface area contributed by atoms with Crippen molar-refractivity contribution in [2.75, 3.05) is 5.32 Å². The molecule has 0 aliphatic heterocycles. The second kappa shape index (κ2) is 4.20. The fourth-order valence-electron chi connectivity index (χ4n) is 1.91. The molecule has 4 nitrogen and oxygen atoms in total.